The highest BCUT2D eigenvalue weighted by Gasteiger charge is 2.14. The molecular formula is C9H12N2OS. The molecule has 0 radical (unpaired) electrons. The predicted octanol–water partition coefficient (Wildman–Crippen LogP) is 1.84. The Morgan fingerprint density at radius 1 is 1.62 bits per heavy atom. The lowest BCUT2D eigenvalue weighted by Gasteiger charge is -2.13. The SMILES string of the molecule is Cc1nsc(N)c1C1=CCOCC1. The first-order valence-electron chi connectivity index (χ1n) is 4.28. The number of nitrogen functional groups attached to an aromatic ring is 1. The lowest BCUT2D eigenvalue weighted by atomic mass is 10.0. The Kier molecular flexibility index (Phi) is 2.33. The summed E-state index contributed by atoms with van der Waals surface area (Å²) in [6.07, 6.45) is 3.04. The molecule has 2 rings (SSSR count). The standard InChI is InChI=1S/C9H12N2OS/c1-6-8(9(10)13-11-6)7-2-4-12-5-3-7/h2H,3-5,10H2,1H3. The van der Waals surface area contributed by atoms with Crippen LogP contribution in [0.4, 0.5) is 5.00 Å². The summed E-state index contributed by atoms with van der Waals surface area (Å²) in [5.74, 6) is 0. The van der Waals surface area contributed by atoms with Gasteiger partial charge < -0.3 is 10.5 Å². The molecule has 0 saturated carbocycles. The number of nitrogens with zero attached hydrogens (tertiary/aromatic N) is 1. The van der Waals surface area contributed by atoms with Crippen molar-refractivity contribution in [1.29, 1.82) is 0 Å². The van der Waals surface area contributed by atoms with Gasteiger partial charge in [-0.2, -0.15) is 4.37 Å². The Balaban J connectivity index is 2.38. The van der Waals surface area contributed by atoms with Crippen LogP contribution < -0.4 is 5.73 Å². The van der Waals surface area contributed by atoms with Gasteiger partial charge in [0.2, 0.25) is 0 Å². The van der Waals surface area contributed by atoms with Crippen LogP contribution in [0.1, 0.15) is 17.7 Å². The fourth-order valence-electron chi connectivity index (χ4n) is 1.53. The molecule has 0 aliphatic carbocycles. The quantitative estimate of drug-likeness (QED) is 0.745. The number of nitrogens with two attached hydrogens (primary N) is 1. The summed E-state index contributed by atoms with van der Waals surface area (Å²) in [5.41, 5.74) is 9.30. The molecule has 1 aromatic rings. The van der Waals surface area contributed by atoms with Gasteiger partial charge in [-0.3, -0.25) is 0 Å². The average molecular weight is 196 g/mol. The summed E-state index contributed by atoms with van der Waals surface area (Å²) in [7, 11) is 0. The zero-order chi connectivity index (χ0) is 9.26. The van der Waals surface area contributed by atoms with Crippen LogP contribution in [0, 0.1) is 6.92 Å². The van der Waals surface area contributed by atoms with E-state index in [1.807, 2.05) is 6.92 Å². The number of hydrogen-bond donors (Lipinski definition) is 1. The molecule has 0 aromatic carbocycles. The van der Waals surface area contributed by atoms with Crippen molar-refractivity contribution in [3.05, 3.63) is 17.3 Å². The molecule has 1 aliphatic heterocycles. The number of ether oxygens (including phenoxy) is 1. The van der Waals surface area contributed by atoms with E-state index in [4.69, 9.17) is 10.5 Å². The maximum Gasteiger partial charge on any atom is 0.114 e. The smallest absolute Gasteiger partial charge is 0.114 e. The van der Waals surface area contributed by atoms with Crippen LogP contribution in [0.2, 0.25) is 0 Å². The van der Waals surface area contributed by atoms with Crippen LogP contribution >= 0.6 is 11.5 Å². The maximum absolute atomic E-state index is 5.85. The molecule has 3 nitrogen and oxygen atoms in total. The van der Waals surface area contributed by atoms with Gasteiger partial charge in [0.1, 0.15) is 5.00 Å². The third kappa shape index (κ3) is 1.59. The lowest BCUT2D eigenvalue weighted by molar-refractivity contribution is 0.161. The van der Waals surface area contributed by atoms with Gasteiger partial charge in [-0.05, 0) is 30.5 Å². The largest absolute Gasteiger partial charge is 0.389 e. The van der Waals surface area contributed by atoms with Crippen LogP contribution in [0.5, 0.6) is 0 Å². The Hall–Kier alpha value is -0.870. The van der Waals surface area contributed by atoms with Crippen molar-refractivity contribution >= 4 is 22.1 Å². The fraction of sp³-hybridized carbons (Fsp3) is 0.444. The summed E-state index contributed by atoms with van der Waals surface area (Å²) in [6.45, 7) is 3.49. The number of hydrogen-bond acceptors (Lipinski definition) is 4. The average Bonchev–Trinajstić information content (AvgIpc) is 2.48. The highest BCUT2D eigenvalue weighted by Crippen LogP contribution is 2.31. The monoisotopic (exact) mass is 196 g/mol. The van der Waals surface area contributed by atoms with E-state index in [0.717, 1.165) is 29.3 Å². The summed E-state index contributed by atoms with van der Waals surface area (Å²) in [6, 6.07) is 0. The third-order valence-corrected chi connectivity index (χ3v) is 2.94. The van der Waals surface area contributed by atoms with Crippen molar-refractivity contribution in [3.8, 4) is 0 Å². The third-order valence-electron chi connectivity index (χ3n) is 2.17. The fourth-order valence-corrected chi connectivity index (χ4v) is 2.23. The van der Waals surface area contributed by atoms with Crippen molar-refractivity contribution < 1.29 is 4.74 Å². The van der Waals surface area contributed by atoms with Gasteiger partial charge in [0.05, 0.1) is 18.9 Å². The molecular weight excluding hydrogens is 184 g/mol. The Bertz CT molecular complexity index is 324. The molecule has 1 aromatic heterocycles. The normalized spacial score (nSPS) is 17.2. The Morgan fingerprint density at radius 2 is 2.46 bits per heavy atom. The highest BCUT2D eigenvalue weighted by molar-refractivity contribution is 7.10. The van der Waals surface area contributed by atoms with Crippen molar-refractivity contribution in [2.45, 2.75) is 13.3 Å². The second kappa shape index (κ2) is 3.47. The summed E-state index contributed by atoms with van der Waals surface area (Å²) >= 11 is 1.37. The van der Waals surface area contributed by atoms with E-state index in [1.165, 1.54) is 17.1 Å². The van der Waals surface area contributed by atoms with Crippen molar-refractivity contribution in [1.82, 2.24) is 4.37 Å². The van der Waals surface area contributed by atoms with Crippen LogP contribution in [-0.2, 0) is 4.74 Å². The predicted molar refractivity (Wildman–Crippen MR) is 54.7 cm³/mol. The van der Waals surface area contributed by atoms with E-state index >= 15 is 0 Å². The molecule has 70 valence electrons. The van der Waals surface area contributed by atoms with Crippen LogP contribution in [0.3, 0.4) is 0 Å². The summed E-state index contributed by atoms with van der Waals surface area (Å²) < 4.78 is 9.47. The summed E-state index contributed by atoms with van der Waals surface area (Å²) in [4.78, 5) is 0. The molecule has 0 amide bonds. The molecule has 1 aliphatic rings. The zero-order valence-corrected chi connectivity index (χ0v) is 8.36. The topological polar surface area (TPSA) is 48.1 Å². The highest BCUT2D eigenvalue weighted by atomic mass is 32.1. The molecule has 2 N–H and O–H groups in total. The summed E-state index contributed by atoms with van der Waals surface area (Å²) in [5, 5.41) is 0.825. The van der Waals surface area contributed by atoms with E-state index in [2.05, 4.69) is 10.4 Å². The van der Waals surface area contributed by atoms with Crippen LogP contribution in [0.25, 0.3) is 5.57 Å². The van der Waals surface area contributed by atoms with Crippen molar-refractivity contribution in [2.24, 2.45) is 0 Å². The maximum atomic E-state index is 5.85. The van der Waals surface area contributed by atoms with Crippen molar-refractivity contribution in [3.63, 3.8) is 0 Å². The van der Waals surface area contributed by atoms with E-state index in [1.54, 1.807) is 0 Å². The number of anilines is 1. The van der Waals surface area contributed by atoms with Gasteiger partial charge in [0, 0.05) is 5.56 Å². The minimum Gasteiger partial charge on any atom is -0.389 e. The van der Waals surface area contributed by atoms with Crippen LogP contribution in [-0.4, -0.2) is 17.6 Å². The minimum atomic E-state index is 0.698. The molecule has 0 spiro atoms. The van der Waals surface area contributed by atoms with Gasteiger partial charge in [-0.25, -0.2) is 0 Å². The number of aryl methyl sites for hydroxylation is 1. The van der Waals surface area contributed by atoms with Gasteiger partial charge in [-0.1, -0.05) is 6.08 Å². The van der Waals surface area contributed by atoms with Gasteiger partial charge >= 0.3 is 0 Å². The first-order chi connectivity index (χ1) is 6.29. The van der Waals surface area contributed by atoms with E-state index in [9.17, 15) is 0 Å². The second-order valence-electron chi connectivity index (χ2n) is 3.06. The number of aromatic nitrogens is 1. The van der Waals surface area contributed by atoms with Gasteiger partial charge in [0.15, 0.2) is 0 Å². The Morgan fingerprint density at radius 3 is 3.00 bits per heavy atom. The van der Waals surface area contributed by atoms with E-state index in [0.29, 0.717) is 6.61 Å². The molecule has 13 heavy (non-hydrogen) atoms. The number of rotatable bonds is 1. The molecule has 0 bridgehead atoms. The first-order valence-corrected chi connectivity index (χ1v) is 5.05. The van der Waals surface area contributed by atoms with E-state index in [-0.39, 0.29) is 0 Å². The van der Waals surface area contributed by atoms with E-state index < -0.39 is 0 Å². The van der Waals surface area contributed by atoms with Crippen LogP contribution in [0.15, 0.2) is 6.08 Å². The first kappa shape index (κ1) is 8.72. The minimum absolute atomic E-state index is 0.698. The van der Waals surface area contributed by atoms with Gasteiger partial charge in [0.25, 0.3) is 0 Å². The van der Waals surface area contributed by atoms with Gasteiger partial charge in [-0.15, -0.1) is 0 Å². The molecule has 0 unspecified atom stereocenters. The Labute approximate surface area is 81.4 Å². The molecule has 0 fully saturated rings. The lowest BCUT2D eigenvalue weighted by Crippen LogP contribution is -2.05. The zero-order valence-electron chi connectivity index (χ0n) is 7.54. The molecule has 0 atom stereocenters. The van der Waals surface area contributed by atoms with Crippen molar-refractivity contribution in [2.75, 3.05) is 18.9 Å². The molecule has 4 heteroatoms. The molecule has 0 saturated heterocycles. The second-order valence-corrected chi connectivity index (χ2v) is 3.87. The molecule has 2 heterocycles.